The monoisotopic (exact) mass is 348 g/mol. The van der Waals surface area contributed by atoms with Gasteiger partial charge in [0.05, 0.1) is 5.69 Å². The smallest absolute Gasteiger partial charge is 0.137 e. The lowest BCUT2D eigenvalue weighted by molar-refractivity contribution is 0.555. The Morgan fingerprint density at radius 3 is 2.29 bits per heavy atom. The van der Waals surface area contributed by atoms with Crippen molar-refractivity contribution >= 4 is 21.6 Å². The van der Waals surface area contributed by atoms with Crippen molar-refractivity contribution in [3.8, 4) is 0 Å². The van der Waals surface area contributed by atoms with Crippen LogP contribution in [-0.2, 0) is 12.8 Å². The van der Waals surface area contributed by atoms with Crippen LogP contribution in [0.3, 0.4) is 0 Å². The highest BCUT2D eigenvalue weighted by Crippen LogP contribution is 2.24. The Labute approximate surface area is 136 Å². The minimum atomic E-state index is 1.12. The van der Waals surface area contributed by atoms with Gasteiger partial charge in [0.15, 0.2) is 0 Å². The van der Waals surface area contributed by atoms with E-state index in [0.717, 1.165) is 12.1 Å². The molecule has 1 aliphatic carbocycles. The summed E-state index contributed by atoms with van der Waals surface area (Å²) < 4.78 is 3.50. The first-order valence-corrected chi connectivity index (χ1v) is 9.21. The molecule has 3 heteroatoms. The fourth-order valence-corrected chi connectivity index (χ4v) is 3.69. The van der Waals surface area contributed by atoms with Crippen LogP contribution in [0, 0.1) is 6.92 Å². The molecule has 0 bridgehead atoms. The second-order valence-electron chi connectivity index (χ2n) is 6.37. The van der Waals surface area contributed by atoms with Gasteiger partial charge in [0, 0.05) is 16.4 Å². The van der Waals surface area contributed by atoms with Crippen LogP contribution >= 0.6 is 15.9 Å². The van der Waals surface area contributed by atoms with E-state index in [1.807, 2.05) is 0 Å². The van der Waals surface area contributed by atoms with Crippen molar-refractivity contribution in [3.05, 3.63) is 33.7 Å². The van der Waals surface area contributed by atoms with E-state index < -0.39 is 0 Å². The van der Waals surface area contributed by atoms with E-state index in [2.05, 4.69) is 39.5 Å². The molecule has 0 saturated carbocycles. The molecule has 3 rings (SSSR count). The number of pyridine rings is 1. The van der Waals surface area contributed by atoms with Gasteiger partial charge in [-0.05, 0) is 60.2 Å². The molecule has 0 radical (unpaired) electrons. The number of imidazole rings is 1. The summed E-state index contributed by atoms with van der Waals surface area (Å²) in [6.07, 6.45) is 15.5. The first-order chi connectivity index (χ1) is 10.3. The number of fused-ring (bicyclic) bond motifs is 3. The number of rotatable bonds is 0. The molecule has 0 fully saturated rings. The summed E-state index contributed by atoms with van der Waals surface area (Å²) in [5.74, 6) is 0. The Morgan fingerprint density at radius 2 is 1.57 bits per heavy atom. The van der Waals surface area contributed by atoms with Gasteiger partial charge in [-0.3, -0.25) is 0 Å². The van der Waals surface area contributed by atoms with Crippen molar-refractivity contribution in [3.63, 3.8) is 0 Å². The maximum atomic E-state index is 4.93. The van der Waals surface area contributed by atoms with E-state index in [0.29, 0.717) is 0 Å². The van der Waals surface area contributed by atoms with Crippen LogP contribution in [0.15, 0.2) is 16.7 Å². The third-order valence-electron chi connectivity index (χ3n) is 4.66. The number of aryl methyl sites for hydroxylation is 3. The molecule has 2 nitrogen and oxygen atoms in total. The van der Waals surface area contributed by atoms with Gasteiger partial charge < -0.3 is 4.40 Å². The molecular weight excluding hydrogens is 324 g/mol. The first-order valence-electron chi connectivity index (χ1n) is 8.41. The highest BCUT2D eigenvalue weighted by atomic mass is 79.9. The van der Waals surface area contributed by atoms with Gasteiger partial charge >= 0.3 is 0 Å². The van der Waals surface area contributed by atoms with Crippen molar-refractivity contribution < 1.29 is 0 Å². The average molecular weight is 349 g/mol. The maximum Gasteiger partial charge on any atom is 0.137 e. The lowest BCUT2D eigenvalue weighted by Gasteiger charge is -2.08. The fraction of sp³-hybridized carbons (Fsp3) is 0.611. The highest BCUT2D eigenvalue weighted by Gasteiger charge is 2.13. The summed E-state index contributed by atoms with van der Waals surface area (Å²) in [6.45, 7) is 2.14. The van der Waals surface area contributed by atoms with Gasteiger partial charge in [-0.1, -0.05) is 38.5 Å². The molecule has 114 valence electrons. The summed E-state index contributed by atoms with van der Waals surface area (Å²) in [7, 11) is 0. The number of hydrogen-bond donors (Lipinski definition) is 0. The molecule has 0 saturated heterocycles. The summed E-state index contributed by atoms with van der Waals surface area (Å²) in [4.78, 5) is 4.93. The van der Waals surface area contributed by atoms with Gasteiger partial charge in [-0.2, -0.15) is 0 Å². The van der Waals surface area contributed by atoms with Crippen molar-refractivity contribution in [1.82, 2.24) is 9.38 Å². The van der Waals surface area contributed by atoms with Gasteiger partial charge in [-0.15, -0.1) is 0 Å². The molecule has 0 aromatic carbocycles. The fourth-order valence-electron chi connectivity index (χ4n) is 3.37. The number of nitrogens with zero attached hydrogens (tertiary/aromatic N) is 2. The summed E-state index contributed by atoms with van der Waals surface area (Å²) in [6, 6.07) is 2.20. The number of aromatic nitrogens is 2. The van der Waals surface area contributed by atoms with E-state index >= 15 is 0 Å². The predicted molar refractivity (Wildman–Crippen MR) is 92.0 cm³/mol. The molecule has 0 spiro atoms. The van der Waals surface area contributed by atoms with E-state index in [-0.39, 0.29) is 0 Å². The van der Waals surface area contributed by atoms with Gasteiger partial charge in [0.1, 0.15) is 5.65 Å². The van der Waals surface area contributed by atoms with Crippen LogP contribution in [0.5, 0.6) is 0 Å². The molecule has 1 aliphatic rings. The zero-order valence-corrected chi connectivity index (χ0v) is 14.6. The Hall–Kier alpha value is -0.830. The van der Waals surface area contributed by atoms with Crippen LogP contribution in [-0.4, -0.2) is 9.38 Å². The number of hydrogen-bond acceptors (Lipinski definition) is 1. The third-order valence-corrected chi connectivity index (χ3v) is 5.49. The Bertz CT molecular complexity index is 615. The molecule has 0 atom stereocenters. The third kappa shape index (κ3) is 3.50. The summed E-state index contributed by atoms with van der Waals surface area (Å²) >= 11 is 3.67. The van der Waals surface area contributed by atoms with Crippen molar-refractivity contribution in [2.45, 2.75) is 71.1 Å². The molecule has 21 heavy (non-hydrogen) atoms. The van der Waals surface area contributed by atoms with Crippen molar-refractivity contribution in [2.24, 2.45) is 0 Å². The van der Waals surface area contributed by atoms with Crippen LogP contribution in [0.2, 0.25) is 0 Å². The summed E-state index contributed by atoms with van der Waals surface area (Å²) in [5, 5.41) is 0. The molecular formula is C18H25BrN2. The molecule has 0 N–H and O–H groups in total. The SMILES string of the molecule is Cc1cc2nc3c(n2cc1Br)CCCCCCCCCC3. The van der Waals surface area contributed by atoms with E-state index in [1.165, 1.54) is 79.2 Å². The Kier molecular flexibility index (Phi) is 4.99. The lowest BCUT2D eigenvalue weighted by Crippen LogP contribution is -1.99. The van der Waals surface area contributed by atoms with E-state index in [4.69, 9.17) is 4.98 Å². The van der Waals surface area contributed by atoms with Gasteiger partial charge in [-0.25, -0.2) is 4.98 Å². The number of halogens is 1. The van der Waals surface area contributed by atoms with Crippen LogP contribution in [0.1, 0.15) is 68.3 Å². The molecule has 2 heterocycles. The normalized spacial score (nSPS) is 18.0. The maximum absolute atomic E-state index is 4.93. The van der Waals surface area contributed by atoms with Gasteiger partial charge in [0.2, 0.25) is 0 Å². The quantitative estimate of drug-likeness (QED) is 0.603. The zero-order valence-electron chi connectivity index (χ0n) is 13.0. The lowest BCUT2D eigenvalue weighted by atomic mass is 10.0. The standard InChI is InChI=1S/C18H25BrN2/c1-14-12-18-20-16-10-8-6-4-2-3-5-7-9-11-17(16)21(18)13-15(14)19/h12-13H,2-11H2,1H3. The zero-order chi connectivity index (χ0) is 14.7. The molecule has 0 unspecified atom stereocenters. The Morgan fingerprint density at radius 1 is 0.952 bits per heavy atom. The second-order valence-corrected chi connectivity index (χ2v) is 7.22. The Balaban J connectivity index is 1.94. The van der Waals surface area contributed by atoms with Crippen LogP contribution in [0.25, 0.3) is 5.65 Å². The molecule has 0 aliphatic heterocycles. The minimum absolute atomic E-state index is 1.12. The average Bonchev–Trinajstić information content (AvgIpc) is 2.76. The van der Waals surface area contributed by atoms with Crippen molar-refractivity contribution in [2.75, 3.05) is 0 Å². The minimum Gasteiger partial charge on any atom is -0.303 e. The molecule has 0 amide bonds. The van der Waals surface area contributed by atoms with Crippen molar-refractivity contribution in [1.29, 1.82) is 0 Å². The molecule has 2 aromatic heterocycles. The predicted octanol–water partition coefficient (Wildman–Crippen LogP) is 5.62. The summed E-state index contributed by atoms with van der Waals surface area (Å²) in [5.41, 5.74) is 5.18. The van der Waals surface area contributed by atoms with E-state index in [1.54, 1.807) is 0 Å². The van der Waals surface area contributed by atoms with E-state index in [9.17, 15) is 0 Å². The first kappa shape index (κ1) is 15.1. The molecule has 2 aromatic rings. The highest BCUT2D eigenvalue weighted by molar-refractivity contribution is 9.10. The largest absolute Gasteiger partial charge is 0.303 e. The topological polar surface area (TPSA) is 17.3 Å². The van der Waals surface area contributed by atoms with Crippen LogP contribution < -0.4 is 0 Å². The second kappa shape index (κ2) is 6.95. The van der Waals surface area contributed by atoms with Crippen LogP contribution in [0.4, 0.5) is 0 Å². The van der Waals surface area contributed by atoms with Gasteiger partial charge in [0.25, 0.3) is 0 Å².